The van der Waals surface area contributed by atoms with E-state index in [2.05, 4.69) is 5.32 Å². The number of aliphatic carboxylic acids is 1. The molecule has 0 fully saturated rings. The Morgan fingerprint density at radius 3 is 2.38 bits per heavy atom. The van der Waals surface area contributed by atoms with Crippen LogP contribution < -0.4 is 14.8 Å². The summed E-state index contributed by atoms with van der Waals surface area (Å²) in [7, 11) is 0. The van der Waals surface area contributed by atoms with Crippen LogP contribution in [0.25, 0.3) is 0 Å². The van der Waals surface area contributed by atoms with Gasteiger partial charge < -0.3 is 25.0 Å². The third-order valence-electron chi connectivity index (χ3n) is 2.56. The summed E-state index contributed by atoms with van der Waals surface area (Å²) in [6.07, 6.45) is -0.0589. The zero-order chi connectivity index (χ0) is 15.7. The summed E-state index contributed by atoms with van der Waals surface area (Å²) in [5.41, 5.74) is 0. The minimum atomic E-state index is -1.20. The molecule has 0 saturated carbocycles. The normalized spacial score (nSPS) is 11.5. The molecule has 0 heterocycles. The van der Waals surface area contributed by atoms with Crippen molar-refractivity contribution in [2.45, 2.75) is 19.4 Å². The fourth-order valence-electron chi connectivity index (χ4n) is 1.61. The lowest BCUT2D eigenvalue weighted by Gasteiger charge is -2.14. The fourth-order valence-corrected chi connectivity index (χ4v) is 1.61. The second kappa shape index (κ2) is 8.80. The summed E-state index contributed by atoms with van der Waals surface area (Å²) in [4.78, 5) is 22.5. The fraction of sp³-hybridized carbons (Fsp3) is 0.429. The van der Waals surface area contributed by atoms with E-state index < -0.39 is 17.9 Å². The number of hydrogen-bond acceptors (Lipinski definition) is 5. The van der Waals surface area contributed by atoms with Gasteiger partial charge in [-0.25, -0.2) is 4.79 Å². The van der Waals surface area contributed by atoms with E-state index in [-0.39, 0.29) is 19.6 Å². The molecule has 1 aromatic carbocycles. The van der Waals surface area contributed by atoms with Crippen molar-refractivity contribution >= 4 is 11.9 Å². The van der Waals surface area contributed by atoms with Crippen LogP contribution in [0.4, 0.5) is 0 Å². The second-order valence-electron chi connectivity index (χ2n) is 4.14. The molecule has 0 aliphatic heterocycles. The van der Waals surface area contributed by atoms with E-state index in [0.29, 0.717) is 18.1 Å². The van der Waals surface area contributed by atoms with E-state index in [1.54, 1.807) is 24.3 Å². The first kappa shape index (κ1) is 16.8. The van der Waals surface area contributed by atoms with Crippen LogP contribution in [0.15, 0.2) is 24.3 Å². The maximum atomic E-state index is 11.7. The molecule has 1 aromatic rings. The van der Waals surface area contributed by atoms with E-state index in [9.17, 15) is 9.59 Å². The number of nitrogens with one attached hydrogen (secondary N) is 1. The lowest BCUT2D eigenvalue weighted by Crippen LogP contribution is -2.43. The topological polar surface area (TPSA) is 105 Å². The number of amides is 1. The molecule has 7 nitrogen and oxygen atoms in total. The van der Waals surface area contributed by atoms with E-state index in [1.807, 2.05) is 6.92 Å². The highest BCUT2D eigenvalue weighted by Crippen LogP contribution is 2.26. The SMILES string of the molecule is CCOc1ccccc1OCC(=O)N[C@H](CCO)C(=O)O. The first-order valence-corrected chi connectivity index (χ1v) is 6.56. The van der Waals surface area contributed by atoms with Crippen LogP contribution in [-0.2, 0) is 9.59 Å². The standard InChI is InChI=1S/C14H19NO6/c1-2-20-11-5-3-4-6-12(11)21-9-13(17)15-10(7-8-16)14(18)19/h3-6,10,16H,2,7-9H2,1H3,(H,15,17)(H,18,19)/t10-/m1/s1. The Hall–Kier alpha value is -2.28. The molecule has 7 heteroatoms. The molecule has 0 aliphatic rings. The summed E-state index contributed by atoms with van der Waals surface area (Å²) < 4.78 is 10.7. The Bertz CT molecular complexity index is 476. The minimum absolute atomic E-state index is 0.0589. The summed E-state index contributed by atoms with van der Waals surface area (Å²) in [5.74, 6) is -0.865. The van der Waals surface area contributed by atoms with Crippen LogP contribution in [0.3, 0.4) is 0 Å². The van der Waals surface area contributed by atoms with Crippen molar-refractivity contribution in [3.63, 3.8) is 0 Å². The van der Waals surface area contributed by atoms with Gasteiger partial charge in [-0.1, -0.05) is 12.1 Å². The van der Waals surface area contributed by atoms with Crippen molar-refractivity contribution in [1.29, 1.82) is 0 Å². The molecule has 116 valence electrons. The van der Waals surface area contributed by atoms with Crippen LogP contribution >= 0.6 is 0 Å². The van der Waals surface area contributed by atoms with Crippen LogP contribution in [0.2, 0.25) is 0 Å². The van der Waals surface area contributed by atoms with Crippen molar-refractivity contribution in [2.75, 3.05) is 19.8 Å². The van der Waals surface area contributed by atoms with Crippen LogP contribution in [0.1, 0.15) is 13.3 Å². The molecule has 0 unspecified atom stereocenters. The predicted molar refractivity (Wildman–Crippen MR) is 74.4 cm³/mol. The molecular weight excluding hydrogens is 278 g/mol. The minimum Gasteiger partial charge on any atom is -0.490 e. The van der Waals surface area contributed by atoms with Gasteiger partial charge in [-0.3, -0.25) is 4.79 Å². The Balaban J connectivity index is 2.54. The number of carboxylic acid groups (broad SMARTS) is 1. The third-order valence-corrected chi connectivity index (χ3v) is 2.56. The van der Waals surface area contributed by atoms with Gasteiger partial charge >= 0.3 is 5.97 Å². The van der Waals surface area contributed by atoms with Crippen LogP contribution in [0.5, 0.6) is 11.5 Å². The van der Waals surface area contributed by atoms with Gasteiger partial charge in [0.15, 0.2) is 18.1 Å². The van der Waals surface area contributed by atoms with Crippen molar-refractivity contribution in [3.8, 4) is 11.5 Å². The van der Waals surface area contributed by atoms with Crippen LogP contribution in [-0.4, -0.2) is 48.0 Å². The first-order valence-electron chi connectivity index (χ1n) is 6.56. The molecule has 1 amide bonds. The monoisotopic (exact) mass is 297 g/mol. The van der Waals surface area contributed by atoms with Gasteiger partial charge in [0, 0.05) is 13.0 Å². The number of para-hydroxylation sites is 2. The van der Waals surface area contributed by atoms with Gasteiger partial charge in [-0.2, -0.15) is 0 Å². The van der Waals surface area contributed by atoms with Gasteiger partial charge in [0.05, 0.1) is 6.61 Å². The molecule has 3 N–H and O–H groups in total. The number of benzene rings is 1. The zero-order valence-corrected chi connectivity index (χ0v) is 11.7. The lowest BCUT2D eigenvalue weighted by molar-refractivity contribution is -0.142. The van der Waals surface area contributed by atoms with E-state index in [1.165, 1.54) is 0 Å². The van der Waals surface area contributed by atoms with Crippen molar-refractivity contribution in [1.82, 2.24) is 5.32 Å². The van der Waals surface area contributed by atoms with Crippen LogP contribution in [0, 0.1) is 0 Å². The quantitative estimate of drug-likeness (QED) is 0.610. The molecule has 1 rings (SSSR count). The summed E-state index contributed by atoms with van der Waals surface area (Å²) in [6, 6.07) is 5.75. The average Bonchev–Trinajstić information content (AvgIpc) is 2.46. The Morgan fingerprint density at radius 2 is 1.86 bits per heavy atom. The summed E-state index contributed by atoms with van der Waals surface area (Å²) in [6.45, 7) is 1.63. The molecule has 0 saturated heterocycles. The molecule has 0 aromatic heterocycles. The van der Waals surface area contributed by atoms with E-state index >= 15 is 0 Å². The van der Waals surface area contributed by atoms with Crippen molar-refractivity contribution in [2.24, 2.45) is 0 Å². The number of carbonyl (C=O) groups is 2. The van der Waals surface area contributed by atoms with Gasteiger partial charge in [-0.15, -0.1) is 0 Å². The zero-order valence-electron chi connectivity index (χ0n) is 11.7. The van der Waals surface area contributed by atoms with Gasteiger partial charge in [0.2, 0.25) is 0 Å². The maximum Gasteiger partial charge on any atom is 0.326 e. The highest BCUT2D eigenvalue weighted by atomic mass is 16.5. The third kappa shape index (κ3) is 5.70. The van der Waals surface area contributed by atoms with Crippen molar-refractivity contribution in [3.05, 3.63) is 24.3 Å². The smallest absolute Gasteiger partial charge is 0.326 e. The summed E-state index contributed by atoms with van der Waals surface area (Å²) >= 11 is 0. The number of carbonyl (C=O) groups excluding carboxylic acids is 1. The molecule has 0 spiro atoms. The summed E-state index contributed by atoms with van der Waals surface area (Å²) in [5, 5.41) is 19.9. The maximum absolute atomic E-state index is 11.7. The number of aliphatic hydroxyl groups is 1. The largest absolute Gasteiger partial charge is 0.490 e. The van der Waals surface area contributed by atoms with Gasteiger partial charge in [0.25, 0.3) is 5.91 Å². The number of rotatable bonds is 9. The second-order valence-corrected chi connectivity index (χ2v) is 4.14. The number of ether oxygens (including phenoxy) is 2. The Kier molecular flexibility index (Phi) is 7.03. The molecule has 1 atom stereocenters. The van der Waals surface area contributed by atoms with E-state index in [4.69, 9.17) is 19.7 Å². The Labute approximate surface area is 122 Å². The highest BCUT2D eigenvalue weighted by molar-refractivity contribution is 5.84. The number of hydrogen-bond donors (Lipinski definition) is 3. The average molecular weight is 297 g/mol. The molecule has 21 heavy (non-hydrogen) atoms. The molecular formula is C14H19NO6. The molecule has 0 radical (unpaired) electrons. The molecule has 0 bridgehead atoms. The van der Waals surface area contributed by atoms with Gasteiger partial charge in [-0.05, 0) is 19.1 Å². The highest BCUT2D eigenvalue weighted by Gasteiger charge is 2.19. The molecule has 0 aliphatic carbocycles. The Morgan fingerprint density at radius 1 is 1.24 bits per heavy atom. The first-order chi connectivity index (χ1) is 10.1. The predicted octanol–water partition coefficient (Wildman–Crippen LogP) is 0.416. The lowest BCUT2D eigenvalue weighted by atomic mass is 10.2. The number of aliphatic hydroxyl groups excluding tert-OH is 1. The van der Waals surface area contributed by atoms with E-state index in [0.717, 1.165) is 0 Å². The number of carboxylic acids is 1. The van der Waals surface area contributed by atoms with Crippen molar-refractivity contribution < 1.29 is 29.3 Å². The van der Waals surface area contributed by atoms with Gasteiger partial charge in [0.1, 0.15) is 6.04 Å².